The van der Waals surface area contributed by atoms with Gasteiger partial charge in [-0.05, 0) is 91.6 Å². The number of anilines is 3. The summed E-state index contributed by atoms with van der Waals surface area (Å²) in [7, 11) is 0. The smallest absolute Gasteiger partial charge is 0.159 e. The van der Waals surface area contributed by atoms with Crippen molar-refractivity contribution in [2.75, 3.05) is 4.90 Å². The molecule has 1 heterocycles. The molecule has 9 aromatic carbocycles. The van der Waals surface area contributed by atoms with Crippen LogP contribution in [0.5, 0.6) is 0 Å². The fourth-order valence-corrected chi connectivity index (χ4v) is 7.40. The molecular weight excluding hydrogens is 655 g/mol. The van der Waals surface area contributed by atoms with Crippen molar-refractivity contribution < 1.29 is 14.0 Å². The zero-order valence-corrected chi connectivity index (χ0v) is 29.0. The van der Waals surface area contributed by atoms with Gasteiger partial charge in [0.2, 0.25) is 0 Å². The fraction of sp³-hybridized carbons (Fsp3) is 0. The fourth-order valence-electron chi connectivity index (χ4n) is 7.40. The molecule has 10 rings (SSSR count). The molecule has 10 aromatic rings. The Kier molecular flexibility index (Phi) is 6.20. The SMILES string of the molecule is [2H]c1c([2H])c([2H])c2c(oc3c(N(c4ccc(-c5ccc(-c6cccc7ccccc67)cc5)cc4)c4ccc(-c5ccccc5)c(-c5ccccc5)c4)c([2H])c([2H])c([2H])c32)c1[2H]. The largest absolute Gasteiger partial charge is 0.454 e. The lowest BCUT2D eigenvalue weighted by Crippen LogP contribution is -2.10. The van der Waals surface area contributed by atoms with Crippen LogP contribution in [0.1, 0.15) is 9.60 Å². The average Bonchev–Trinajstić information content (AvgIpc) is 3.72. The molecule has 0 fully saturated rings. The van der Waals surface area contributed by atoms with E-state index in [1.165, 1.54) is 10.8 Å². The first kappa shape index (κ1) is 24.9. The van der Waals surface area contributed by atoms with E-state index in [9.17, 15) is 1.37 Å². The predicted octanol–water partition coefficient (Wildman–Crippen LogP) is 14.9. The molecule has 0 bridgehead atoms. The van der Waals surface area contributed by atoms with E-state index >= 15 is 0 Å². The molecule has 2 nitrogen and oxygen atoms in total. The molecule has 0 aliphatic rings. The predicted molar refractivity (Wildman–Crippen MR) is 228 cm³/mol. The number of hydrogen-bond donors (Lipinski definition) is 0. The standard InChI is InChI=1S/C52H35NO/c1-3-13-38(14-4-1)46-34-33-43(35-49(46)40-15-5-2-6-16-40)53(50-23-12-22-48-47-20-9-10-24-51(47)54-52(48)50)42-31-29-37(30-32-42)36-25-27-41(28-26-36)45-21-11-18-39-17-7-8-19-44(39)45/h1-35H/i9D,10D,12D,20D,22D,23D,24D. The van der Waals surface area contributed by atoms with Crippen molar-refractivity contribution in [3.05, 3.63) is 212 Å². The molecule has 0 aliphatic carbocycles. The normalized spacial score (nSPS) is 13.1. The van der Waals surface area contributed by atoms with Gasteiger partial charge in [0.05, 0.1) is 15.3 Å². The van der Waals surface area contributed by atoms with Gasteiger partial charge in [0.15, 0.2) is 5.58 Å². The molecule has 2 heteroatoms. The van der Waals surface area contributed by atoms with Crippen molar-refractivity contribution in [2.24, 2.45) is 0 Å². The maximum atomic E-state index is 9.45. The third kappa shape index (κ3) is 5.62. The molecule has 1 aromatic heterocycles. The van der Waals surface area contributed by atoms with E-state index < -0.39 is 24.2 Å². The lowest BCUT2D eigenvalue weighted by Gasteiger charge is -2.27. The van der Waals surface area contributed by atoms with Crippen LogP contribution in [-0.4, -0.2) is 0 Å². The van der Waals surface area contributed by atoms with E-state index in [-0.39, 0.29) is 45.8 Å². The zero-order valence-electron chi connectivity index (χ0n) is 36.0. The summed E-state index contributed by atoms with van der Waals surface area (Å²) >= 11 is 0. The second-order valence-electron chi connectivity index (χ2n) is 13.2. The van der Waals surface area contributed by atoms with Gasteiger partial charge in [0.1, 0.15) is 5.58 Å². The Morgan fingerprint density at radius 3 is 1.76 bits per heavy atom. The Bertz CT molecular complexity index is 3310. The van der Waals surface area contributed by atoms with Gasteiger partial charge in [-0.1, -0.05) is 176 Å². The highest BCUT2D eigenvalue weighted by Gasteiger charge is 2.21. The maximum Gasteiger partial charge on any atom is 0.159 e. The number of furan rings is 1. The van der Waals surface area contributed by atoms with E-state index in [0.717, 1.165) is 44.5 Å². The summed E-state index contributed by atoms with van der Waals surface area (Å²) in [5.74, 6) is 0. The van der Waals surface area contributed by atoms with Crippen LogP contribution in [0.15, 0.2) is 217 Å². The molecule has 254 valence electrons. The molecule has 0 aliphatic heterocycles. The molecule has 0 radical (unpaired) electrons. The summed E-state index contributed by atoms with van der Waals surface area (Å²) in [5.41, 5.74) is 9.45. The monoisotopic (exact) mass is 696 g/mol. The lowest BCUT2D eigenvalue weighted by molar-refractivity contribution is 0.669. The van der Waals surface area contributed by atoms with Crippen LogP contribution >= 0.6 is 0 Å². The highest BCUT2D eigenvalue weighted by molar-refractivity contribution is 6.10. The van der Waals surface area contributed by atoms with Gasteiger partial charge in [-0.2, -0.15) is 0 Å². The number of benzene rings is 9. The Morgan fingerprint density at radius 2 is 0.981 bits per heavy atom. The minimum Gasteiger partial charge on any atom is -0.454 e. The summed E-state index contributed by atoms with van der Waals surface area (Å²) in [6, 6.07) is 54.5. The summed E-state index contributed by atoms with van der Waals surface area (Å²) in [6.45, 7) is 0. The molecule has 0 amide bonds. The van der Waals surface area contributed by atoms with E-state index in [1.54, 1.807) is 0 Å². The third-order valence-electron chi connectivity index (χ3n) is 10.0. The number of hydrogen-bond acceptors (Lipinski definition) is 2. The average molecular weight is 697 g/mol. The highest BCUT2D eigenvalue weighted by atomic mass is 16.3. The number of para-hydroxylation sites is 2. The van der Waals surface area contributed by atoms with E-state index in [1.807, 2.05) is 102 Å². The van der Waals surface area contributed by atoms with Gasteiger partial charge in [-0.3, -0.25) is 0 Å². The Morgan fingerprint density at radius 1 is 0.389 bits per heavy atom. The first-order valence-electron chi connectivity index (χ1n) is 21.4. The van der Waals surface area contributed by atoms with Crippen molar-refractivity contribution >= 4 is 49.8 Å². The highest BCUT2D eigenvalue weighted by Crippen LogP contribution is 2.45. The molecule has 0 saturated heterocycles. The van der Waals surface area contributed by atoms with Crippen LogP contribution in [-0.2, 0) is 0 Å². The summed E-state index contributed by atoms with van der Waals surface area (Å²) in [6.07, 6.45) is 0. The summed E-state index contributed by atoms with van der Waals surface area (Å²) in [4.78, 5) is 1.83. The van der Waals surface area contributed by atoms with Crippen LogP contribution in [0.3, 0.4) is 0 Å². The van der Waals surface area contributed by atoms with Crippen molar-refractivity contribution in [1.82, 2.24) is 0 Å². The van der Waals surface area contributed by atoms with Crippen LogP contribution < -0.4 is 4.90 Å². The van der Waals surface area contributed by atoms with Gasteiger partial charge in [-0.15, -0.1) is 0 Å². The number of rotatable bonds is 7. The summed E-state index contributed by atoms with van der Waals surface area (Å²) in [5, 5.41) is 2.43. The topological polar surface area (TPSA) is 16.4 Å². The van der Waals surface area contributed by atoms with Gasteiger partial charge in [0.25, 0.3) is 0 Å². The summed E-state index contributed by atoms with van der Waals surface area (Å²) < 4.78 is 68.3. The van der Waals surface area contributed by atoms with Crippen LogP contribution in [0, 0.1) is 0 Å². The first-order valence-corrected chi connectivity index (χ1v) is 17.9. The third-order valence-corrected chi connectivity index (χ3v) is 10.0. The molecule has 0 atom stereocenters. The Labute approximate surface area is 324 Å². The lowest BCUT2D eigenvalue weighted by atomic mass is 9.93. The minimum atomic E-state index is -0.469. The van der Waals surface area contributed by atoms with Crippen LogP contribution in [0.25, 0.3) is 77.2 Å². The van der Waals surface area contributed by atoms with Crippen molar-refractivity contribution in [3.63, 3.8) is 0 Å². The number of nitrogens with zero attached hydrogens (tertiary/aromatic N) is 1. The van der Waals surface area contributed by atoms with E-state index in [4.69, 9.17) is 12.6 Å². The quantitative estimate of drug-likeness (QED) is 0.165. The molecule has 0 unspecified atom stereocenters. The first-order chi connectivity index (χ1) is 29.7. The van der Waals surface area contributed by atoms with Gasteiger partial charge >= 0.3 is 0 Å². The zero-order chi connectivity index (χ0) is 41.9. The molecule has 0 spiro atoms. The molecule has 0 saturated carbocycles. The second kappa shape index (κ2) is 13.4. The maximum absolute atomic E-state index is 9.45. The van der Waals surface area contributed by atoms with Crippen LogP contribution in [0.4, 0.5) is 17.1 Å². The van der Waals surface area contributed by atoms with Crippen molar-refractivity contribution in [2.45, 2.75) is 0 Å². The number of fused-ring (bicyclic) bond motifs is 4. The Hall–Kier alpha value is -7.16. The van der Waals surface area contributed by atoms with E-state index in [0.29, 0.717) is 11.4 Å². The minimum absolute atomic E-state index is 0.00685. The van der Waals surface area contributed by atoms with Gasteiger partial charge in [-0.25, -0.2) is 0 Å². The molecule has 0 N–H and O–H groups in total. The van der Waals surface area contributed by atoms with Crippen molar-refractivity contribution in [1.29, 1.82) is 0 Å². The van der Waals surface area contributed by atoms with E-state index in [2.05, 4.69) is 72.8 Å². The Balaban J connectivity index is 1.18. The second-order valence-corrected chi connectivity index (χ2v) is 13.2. The molecular formula is C52H35NO. The van der Waals surface area contributed by atoms with Crippen LogP contribution in [0.2, 0.25) is 0 Å². The van der Waals surface area contributed by atoms with Gasteiger partial charge in [0, 0.05) is 22.1 Å². The van der Waals surface area contributed by atoms with Crippen molar-refractivity contribution in [3.8, 4) is 44.5 Å². The molecule has 54 heavy (non-hydrogen) atoms. The van der Waals surface area contributed by atoms with Gasteiger partial charge < -0.3 is 9.32 Å².